The van der Waals surface area contributed by atoms with Crippen molar-refractivity contribution in [2.75, 3.05) is 6.54 Å². The lowest BCUT2D eigenvalue weighted by Crippen LogP contribution is -3.00. The minimum Gasteiger partial charge on any atom is -1.00 e. The number of carboxylic acid groups (broad SMARTS) is 3. The van der Waals surface area contributed by atoms with Crippen LogP contribution in [0, 0.1) is 34.0 Å². The fourth-order valence-corrected chi connectivity index (χ4v) is 4.83. The van der Waals surface area contributed by atoms with Crippen LogP contribution in [0.2, 0.25) is 0 Å². The average molecular weight is 1050 g/mol. The maximum absolute atomic E-state index is 12.9. The number of pyridine rings is 2. The predicted octanol–water partition coefficient (Wildman–Crippen LogP) is -6.67. The number of aliphatic carboxylic acids is 3. The Kier molecular flexibility index (Phi) is 24.2. The second-order valence-corrected chi connectivity index (χ2v) is 11.6. The number of halogens is 2. The van der Waals surface area contributed by atoms with Gasteiger partial charge in [0.1, 0.15) is 30.7 Å². The third-order valence-electron chi connectivity index (χ3n) is 7.87. The Balaban J connectivity index is 0. The molecule has 0 spiro atoms. The van der Waals surface area contributed by atoms with Gasteiger partial charge in [-0.05, 0) is 23.3 Å². The smallest absolute Gasteiger partial charge is 0.309 e. The molecule has 0 unspecified atom stereocenters. The van der Waals surface area contributed by atoms with Gasteiger partial charge in [0.05, 0.1) is 41.2 Å². The van der Waals surface area contributed by atoms with Crippen molar-refractivity contribution in [3.63, 3.8) is 0 Å². The van der Waals surface area contributed by atoms with E-state index in [9.17, 15) is 44.4 Å². The SMILES string of the molecule is N#CC(=C1C=CN(CCC(=O)O)C=C1)C1=C(O)/C(=C(/C#N)c2cc[n+](CCC(=O)O)cc2)C1=O.N#CCc1cc[n+](CCC(=O)O)cc1.O.O.O=c1c(O)c(O)c1=O.[I-].[I-]. The lowest BCUT2D eigenvalue weighted by molar-refractivity contribution is -0.696. The molecule has 0 fully saturated rings. The van der Waals surface area contributed by atoms with E-state index in [0.717, 1.165) is 5.56 Å². The maximum Gasteiger partial charge on any atom is 0.309 e. The molecule has 0 radical (unpaired) electrons. The minimum atomic E-state index is -1.01. The highest BCUT2D eigenvalue weighted by molar-refractivity contribution is 6.27. The summed E-state index contributed by atoms with van der Waals surface area (Å²) in [6.45, 7) is 0.925. The average Bonchev–Trinajstić information content (AvgIpc) is 3.20. The Hall–Kier alpha value is -6.79. The summed E-state index contributed by atoms with van der Waals surface area (Å²) >= 11 is 0. The lowest BCUT2D eigenvalue weighted by Gasteiger charge is -2.24. The van der Waals surface area contributed by atoms with Gasteiger partial charge in [0, 0.05) is 48.8 Å². The summed E-state index contributed by atoms with van der Waals surface area (Å²) in [6, 6.07) is 12.6. The minimum absolute atomic E-state index is 0. The molecule has 2 aliphatic rings. The molecule has 0 bridgehead atoms. The van der Waals surface area contributed by atoms with Gasteiger partial charge in [0.15, 0.2) is 37.9 Å². The Morgan fingerprint density at radius 1 is 0.667 bits per heavy atom. The molecule has 1 aromatic carbocycles. The standard InChI is InChI=1S/C24H18N4O6.C10H10N2O2.C4H2O4.2HI.2H2O/c25-13-17(15-1-7-27(8-2-15)11-5-19(29)30)21-23(33)22(24(21)34)18(14-26)16-3-9-28(10-4-16)12-6-20(31)32;11-5-1-9-2-6-12(7-3-9)8-4-10(13)14;5-1-2(6)4(8)3(1)7;;;;/h1-4,7-10H,5-6,11-12H2,(H2-,29,30,31,32,33,34);2-3,6-7H,1,4,8H2;5-6H;2*1H;2*1H2. The van der Waals surface area contributed by atoms with Gasteiger partial charge in [0.2, 0.25) is 17.3 Å². The van der Waals surface area contributed by atoms with Gasteiger partial charge in [0.25, 0.3) is 10.9 Å². The summed E-state index contributed by atoms with van der Waals surface area (Å²) in [5.74, 6) is -5.45. The Morgan fingerprint density at radius 3 is 1.47 bits per heavy atom. The second kappa shape index (κ2) is 26.3. The highest BCUT2D eigenvalue weighted by Gasteiger charge is 2.40. The van der Waals surface area contributed by atoms with Crippen LogP contribution in [0.25, 0.3) is 5.57 Å². The van der Waals surface area contributed by atoms with Crippen LogP contribution in [0.3, 0.4) is 0 Å². The number of rotatable bonds is 12. The van der Waals surface area contributed by atoms with Crippen molar-refractivity contribution in [2.24, 2.45) is 0 Å². The molecule has 5 rings (SSSR count). The van der Waals surface area contributed by atoms with Crippen LogP contribution < -0.4 is 67.9 Å². The number of carbonyl (C=O) groups is 4. The number of aromatic nitrogens is 2. The van der Waals surface area contributed by atoms with E-state index in [1.807, 2.05) is 24.3 Å². The number of aryl methyl sites for hydroxylation is 2. The molecule has 0 saturated heterocycles. The number of ketones is 1. The lowest BCUT2D eigenvalue weighted by atomic mass is 9.78. The second-order valence-electron chi connectivity index (χ2n) is 11.6. The molecule has 2 aromatic heterocycles. The Labute approximate surface area is 374 Å². The van der Waals surface area contributed by atoms with Gasteiger partial charge < -0.3 is 94.4 Å². The summed E-state index contributed by atoms with van der Waals surface area (Å²) < 4.78 is 3.40. The van der Waals surface area contributed by atoms with Crippen LogP contribution in [-0.4, -0.2) is 76.7 Å². The van der Waals surface area contributed by atoms with E-state index in [2.05, 4.69) is 6.07 Å². The first-order valence-corrected chi connectivity index (χ1v) is 16.2. The number of aliphatic hydroxyl groups is 1. The molecule has 1 aliphatic heterocycles. The quantitative estimate of drug-likeness (QED) is 0.0323. The summed E-state index contributed by atoms with van der Waals surface area (Å²) in [5.41, 5.74) is -0.866. The summed E-state index contributed by atoms with van der Waals surface area (Å²) in [7, 11) is 0. The number of carboxylic acids is 3. The molecule has 0 saturated carbocycles. The van der Waals surface area contributed by atoms with E-state index in [-0.39, 0.29) is 114 Å². The van der Waals surface area contributed by atoms with Crippen molar-refractivity contribution in [1.29, 1.82) is 15.8 Å². The first-order chi connectivity index (χ1) is 26.6. The van der Waals surface area contributed by atoms with Gasteiger partial charge in [-0.1, -0.05) is 0 Å². The van der Waals surface area contributed by atoms with Crippen molar-refractivity contribution in [3.8, 4) is 29.7 Å². The molecule has 0 amide bonds. The van der Waals surface area contributed by atoms with Gasteiger partial charge in [-0.3, -0.25) is 28.8 Å². The molecule has 3 heterocycles. The number of nitrogens with zero attached hydrogens (tertiary/aromatic N) is 6. The van der Waals surface area contributed by atoms with Gasteiger partial charge >= 0.3 is 17.9 Å². The number of carbonyl (C=O) groups excluding carboxylic acids is 1. The summed E-state index contributed by atoms with van der Waals surface area (Å²) in [5, 5.41) is 80.7. The van der Waals surface area contributed by atoms with Crippen LogP contribution in [0.15, 0.2) is 111 Å². The number of nitriles is 3. The fraction of sp³-hybridized carbons (Fsp3) is 0.184. The van der Waals surface area contributed by atoms with E-state index in [4.69, 9.17) is 30.8 Å². The molecule has 3 aromatic rings. The number of allylic oxidation sites excluding steroid dienone is 7. The first kappa shape index (κ1) is 55.3. The number of aromatic hydroxyl groups is 2. The summed E-state index contributed by atoms with van der Waals surface area (Å²) in [6.07, 6.45) is 13.3. The number of aliphatic hydroxyl groups excluding tert-OH is 1. The van der Waals surface area contributed by atoms with Crippen molar-refractivity contribution in [2.45, 2.75) is 38.8 Å². The molecule has 10 N–H and O–H groups in total. The molecular formula is C38H36I2N6O14. The molecular weight excluding hydrogens is 1020 g/mol. The molecule has 1 aliphatic carbocycles. The zero-order valence-corrected chi connectivity index (χ0v) is 35.3. The molecule has 22 heteroatoms. The van der Waals surface area contributed by atoms with Crippen LogP contribution in [0.5, 0.6) is 11.5 Å². The maximum atomic E-state index is 12.9. The zero-order chi connectivity index (χ0) is 41.5. The van der Waals surface area contributed by atoms with E-state index >= 15 is 0 Å². The molecule has 20 nitrogen and oxygen atoms in total. The first-order valence-electron chi connectivity index (χ1n) is 16.2. The Morgan fingerprint density at radius 2 is 1.10 bits per heavy atom. The third-order valence-corrected chi connectivity index (χ3v) is 7.87. The number of hydrogen-bond acceptors (Lipinski definition) is 13. The van der Waals surface area contributed by atoms with Crippen molar-refractivity contribution in [1.82, 2.24) is 4.90 Å². The fourth-order valence-electron chi connectivity index (χ4n) is 4.83. The largest absolute Gasteiger partial charge is 1.00 e. The van der Waals surface area contributed by atoms with E-state index in [1.54, 1.807) is 51.2 Å². The van der Waals surface area contributed by atoms with Crippen LogP contribution in [-0.2, 0) is 38.7 Å². The highest BCUT2D eigenvalue weighted by atomic mass is 127. The van der Waals surface area contributed by atoms with E-state index in [0.29, 0.717) is 24.1 Å². The highest BCUT2D eigenvalue weighted by Crippen LogP contribution is 2.39. The monoisotopic (exact) mass is 1050 g/mol. The van der Waals surface area contributed by atoms with Gasteiger partial charge in [-0.15, -0.1) is 0 Å². The van der Waals surface area contributed by atoms with Crippen molar-refractivity contribution < 1.29 is 118 Å². The van der Waals surface area contributed by atoms with Crippen molar-refractivity contribution in [3.05, 3.63) is 133 Å². The van der Waals surface area contributed by atoms with Crippen LogP contribution >= 0.6 is 0 Å². The third kappa shape index (κ3) is 14.9. The van der Waals surface area contributed by atoms with E-state index in [1.165, 1.54) is 24.3 Å². The molecule has 0 atom stereocenters. The van der Waals surface area contributed by atoms with Crippen LogP contribution in [0.4, 0.5) is 0 Å². The van der Waals surface area contributed by atoms with Gasteiger partial charge in [-0.2, -0.15) is 15.8 Å². The summed E-state index contributed by atoms with van der Waals surface area (Å²) in [4.78, 5) is 66.1. The zero-order valence-electron chi connectivity index (χ0n) is 30.9. The topological polar surface area (TPSA) is 369 Å². The molecule has 316 valence electrons. The molecule has 60 heavy (non-hydrogen) atoms. The van der Waals surface area contributed by atoms with Crippen LogP contribution in [0.1, 0.15) is 30.4 Å². The number of hydrogen-bond donors (Lipinski definition) is 6. The number of Topliss-reactive ketones (excluding diaryl/α,β-unsaturated/α-hetero) is 1. The predicted molar refractivity (Wildman–Crippen MR) is 196 cm³/mol. The van der Waals surface area contributed by atoms with E-state index < -0.39 is 51.8 Å². The van der Waals surface area contributed by atoms with Gasteiger partial charge in [-0.25, -0.2) is 9.13 Å². The normalized spacial score (nSPS) is 12.6. The Bertz CT molecular complexity index is 2370. The van der Waals surface area contributed by atoms with Crippen molar-refractivity contribution >= 4 is 29.3 Å².